The van der Waals surface area contributed by atoms with E-state index in [-0.39, 0.29) is 29.7 Å². The van der Waals surface area contributed by atoms with Gasteiger partial charge >= 0.3 is 11.7 Å². The van der Waals surface area contributed by atoms with E-state index < -0.39 is 10.9 Å². The first-order valence-corrected chi connectivity index (χ1v) is 5.88. The first-order chi connectivity index (χ1) is 8.73. The van der Waals surface area contributed by atoms with Gasteiger partial charge in [-0.2, -0.15) is 5.10 Å². The predicted molar refractivity (Wildman–Crippen MR) is 69.3 cm³/mol. The van der Waals surface area contributed by atoms with Gasteiger partial charge in [0.05, 0.1) is 4.92 Å². The number of anilines is 1. The summed E-state index contributed by atoms with van der Waals surface area (Å²) in [4.78, 5) is 23.0. The van der Waals surface area contributed by atoms with Crippen molar-refractivity contribution in [2.24, 2.45) is 13.0 Å². The number of nitrogens with zero attached hydrogens (tertiary/aromatic N) is 4. The quantitative estimate of drug-likeness (QED) is 0.615. The van der Waals surface area contributed by atoms with Gasteiger partial charge < -0.3 is 10.0 Å². The number of hydrogen-bond acceptors (Lipinski definition) is 5. The van der Waals surface area contributed by atoms with Gasteiger partial charge in [0.1, 0.15) is 12.2 Å². The molecule has 0 aliphatic rings. The first-order valence-electron chi connectivity index (χ1n) is 5.88. The Morgan fingerprint density at radius 2 is 2.16 bits per heavy atom. The van der Waals surface area contributed by atoms with Crippen molar-refractivity contribution in [3.05, 3.63) is 15.8 Å². The van der Waals surface area contributed by atoms with Gasteiger partial charge in [0.25, 0.3) is 0 Å². The fourth-order valence-corrected chi connectivity index (χ4v) is 2.03. The minimum atomic E-state index is -1.03. The number of aliphatic carboxylic acids is 1. The highest BCUT2D eigenvalue weighted by molar-refractivity contribution is 5.75. The van der Waals surface area contributed by atoms with Crippen molar-refractivity contribution >= 4 is 17.5 Å². The third kappa shape index (κ3) is 3.43. The van der Waals surface area contributed by atoms with Gasteiger partial charge in [-0.05, 0) is 12.8 Å². The van der Waals surface area contributed by atoms with Crippen molar-refractivity contribution in [2.75, 3.05) is 18.0 Å². The number of aromatic nitrogens is 2. The molecular formula is C11H18N4O4. The molecule has 0 radical (unpaired) electrons. The van der Waals surface area contributed by atoms with E-state index in [0.717, 1.165) is 0 Å². The van der Waals surface area contributed by atoms with Crippen molar-refractivity contribution in [2.45, 2.75) is 20.8 Å². The average Bonchev–Trinajstić information content (AvgIpc) is 2.50. The third-order valence-electron chi connectivity index (χ3n) is 2.55. The number of hydrogen-bond donors (Lipinski definition) is 1. The Labute approximate surface area is 110 Å². The molecule has 0 unspecified atom stereocenters. The summed E-state index contributed by atoms with van der Waals surface area (Å²) in [5.74, 6) is -0.624. The second-order valence-corrected chi connectivity index (χ2v) is 4.81. The second kappa shape index (κ2) is 5.68. The second-order valence-electron chi connectivity index (χ2n) is 4.81. The van der Waals surface area contributed by atoms with E-state index in [1.165, 1.54) is 16.5 Å². The molecule has 8 heteroatoms. The zero-order chi connectivity index (χ0) is 14.7. The topological polar surface area (TPSA) is 102 Å². The molecule has 8 nitrogen and oxygen atoms in total. The lowest BCUT2D eigenvalue weighted by Crippen LogP contribution is -2.34. The fraction of sp³-hybridized carbons (Fsp3) is 0.636. The lowest BCUT2D eigenvalue weighted by molar-refractivity contribution is -0.384. The van der Waals surface area contributed by atoms with Gasteiger partial charge in [-0.25, -0.2) is 4.68 Å². The molecule has 1 aromatic heterocycles. The standard InChI is InChI=1S/C11H18N4O4/c1-7(2)5-14(6-9(16)17)11-10(15(18)19)8(3)12-13(11)4/h7H,5-6H2,1-4H3,(H,16,17). The largest absolute Gasteiger partial charge is 0.480 e. The van der Waals surface area contributed by atoms with Crippen LogP contribution < -0.4 is 4.90 Å². The van der Waals surface area contributed by atoms with Crippen molar-refractivity contribution < 1.29 is 14.8 Å². The van der Waals surface area contributed by atoms with Crippen LogP contribution in [-0.4, -0.2) is 38.9 Å². The summed E-state index contributed by atoms with van der Waals surface area (Å²) in [5.41, 5.74) is 0.144. The Morgan fingerprint density at radius 3 is 2.58 bits per heavy atom. The molecule has 0 aliphatic carbocycles. The highest BCUT2D eigenvalue weighted by Gasteiger charge is 2.29. The molecule has 19 heavy (non-hydrogen) atoms. The maximum Gasteiger partial charge on any atom is 0.333 e. The molecule has 0 amide bonds. The summed E-state index contributed by atoms with van der Waals surface area (Å²) in [5, 5.41) is 24.1. The van der Waals surface area contributed by atoms with Crippen LogP contribution in [0.2, 0.25) is 0 Å². The lowest BCUT2D eigenvalue weighted by atomic mass is 10.2. The van der Waals surface area contributed by atoms with Crippen molar-refractivity contribution in [1.82, 2.24) is 9.78 Å². The monoisotopic (exact) mass is 270 g/mol. The van der Waals surface area contributed by atoms with Gasteiger partial charge in [-0.1, -0.05) is 13.8 Å². The van der Waals surface area contributed by atoms with Gasteiger partial charge in [-0.15, -0.1) is 0 Å². The Balaban J connectivity index is 3.28. The molecule has 1 heterocycles. The molecule has 0 fully saturated rings. The Bertz CT molecular complexity index is 495. The number of rotatable bonds is 6. The smallest absolute Gasteiger partial charge is 0.333 e. The van der Waals surface area contributed by atoms with Crippen LogP contribution in [0.3, 0.4) is 0 Å². The molecule has 0 aromatic carbocycles. The summed E-state index contributed by atoms with van der Waals surface area (Å²) in [6.45, 7) is 5.49. The summed E-state index contributed by atoms with van der Waals surface area (Å²) in [7, 11) is 1.57. The van der Waals surface area contributed by atoms with Crippen molar-refractivity contribution in [1.29, 1.82) is 0 Å². The van der Waals surface area contributed by atoms with Crippen LogP contribution in [-0.2, 0) is 11.8 Å². The molecular weight excluding hydrogens is 252 g/mol. The van der Waals surface area contributed by atoms with Crippen LogP contribution in [0.25, 0.3) is 0 Å². The Morgan fingerprint density at radius 1 is 1.58 bits per heavy atom. The number of carboxylic acid groups (broad SMARTS) is 1. The maximum absolute atomic E-state index is 11.1. The van der Waals surface area contributed by atoms with Crippen LogP contribution in [0, 0.1) is 23.0 Å². The van der Waals surface area contributed by atoms with Crippen LogP contribution >= 0.6 is 0 Å². The Kier molecular flexibility index (Phi) is 4.47. The molecule has 0 atom stereocenters. The van der Waals surface area contributed by atoms with E-state index in [0.29, 0.717) is 6.54 Å². The minimum absolute atomic E-state index is 0.135. The van der Waals surface area contributed by atoms with Crippen molar-refractivity contribution in [3.63, 3.8) is 0 Å². The third-order valence-corrected chi connectivity index (χ3v) is 2.55. The molecule has 0 saturated carbocycles. The Hall–Kier alpha value is -2.12. The van der Waals surface area contributed by atoms with E-state index in [1.807, 2.05) is 13.8 Å². The molecule has 0 saturated heterocycles. The van der Waals surface area contributed by atoms with Gasteiger partial charge in [0, 0.05) is 13.6 Å². The summed E-state index contributed by atoms with van der Waals surface area (Å²) in [6.07, 6.45) is 0. The van der Waals surface area contributed by atoms with Crippen LogP contribution in [0.5, 0.6) is 0 Å². The highest BCUT2D eigenvalue weighted by Crippen LogP contribution is 2.31. The zero-order valence-electron chi connectivity index (χ0n) is 11.5. The van der Waals surface area contributed by atoms with E-state index >= 15 is 0 Å². The van der Waals surface area contributed by atoms with E-state index in [1.54, 1.807) is 7.05 Å². The van der Waals surface area contributed by atoms with Gasteiger partial charge in [0.2, 0.25) is 5.82 Å². The summed E-state index contributed by atoms with van der Waals surface area (Å²) < 4.78 is 1.36. The van der Waals surface area contributed by atoms with E-state index in [4.69, 9.17) is 5.11 Å². The fourth-order valence-electron chi connectivity index (χ4n) is 2.03. The van der Waals surface area contributed by atoms with Crippen LogP contribution in [0.15, 0.2) is 0 Å². The number of nitro groups is 1. The number of carbonyl (C=O) groups is 1. The normalized spacial score (nSPS) is 10.8. The highest BCUT2D eigenvalue weighted by atomic mass is 16.6. The zero-order valence-corrected chi connectivity index (χ0v) is 11.5. The molecule has 0 bridgehead atoms. The SMILES string of the molecule is Cc1nn(C)c(N(CC(=O)O)CC(C)C)c1[N+](=O)[O-]. The lowest BCUT2D eigenvalue weighted by Gasteiger charge is -2.23. The number of carboxylic acids is 1. The maximum atomic E-state index is 11.1. The molecule has 0 aliphatic heterocycles. The molecule has 0 spiro atoms. The average molecular weight is 270 g/mol. The molecule has 1 N–H and O–H groups in total. The van der Waals surface area contributed by atoms with Crippen LogP contribution in [0.1, 0.15) is 19.5 Å². The molecule has 106 valence electrons. The molecule has 1 rings (SSSR count). The minimum Gasteiger partial charge on any atom is -0.480 e. The summed E-state index contributed by atoms with van der Waals surface area (Å²) >= 11 is 0. The van der Waals surface area contributed by atoms with E-state index in [2.05, 4.69) is 5.10 Å². The van der Waals surface area contributed by atoms with E-state index in [9.17, 15) is 14.9 Å². The predicted octanol–water partition coefficient (Wildman–Crippen LogP) is 1.18. The van der Waals surface area contributed by atoms with Crippen LogP contribution in [0.4, 0.5) is 11.5 Å². The van der Waals surface area contributed by atoms with Crippen molar-refractivity contribution in [3.8, 4) is 0 Å². The molecule has 1 aromatic rings. The summed E-state index contributed by atoms with van der Waals surface area (Å²) in [6, 6.07) is 0. The number of aryl methyl sites for hydroxylation is 2. The van der Waals surface area contributed by atoms with Gasteiger partial charge in [0.15, 0.2) is 0 Å². The first kappa shape index (κ1) is 14.9. The van der Waals surface area contributed by atoms with Gasteiger partial charge in [-0.3, -0.25) is 14.9 Å².